The highest BCUT2D eigenvalue weighted by Gasteiger charge is 2.35. The van der Waals surface area contributed by atoms with Gasteiger partial charge in [-0.1, -0.05) is 36.4 Å². The number of aromatic nitrogens is 1. The zero-order valence-corrected chi connectivity index (χ0v) is 20.7. The summed E-state index contributed by atoms with van der Waals surface area (Å²) < 4.78 is 51.9. The summed E-state index contributed by atoms with van der Waals surface area (Å²) in [6.45, 7) is 4.44. The van der Waals surface area contributed by atoms with Crippen molar-refractivity contribution in [2.45, 2.75) is 45.7 Å². The van der Waals surface area contributed by atoms with E-state index in [1.807, 2.05) is 6.07 Å². The molecule has 0 aliphatic heterocycles. The van der Waals surface area contributed by atoms with Crippen molar-refractivity contribution in [1.29, 1.82) is 0 Å². The Morgan fingerprint density at radius 3 is 2.32 bits per heavy atom. The molecule has 0 unspecified atom stereocenters. The molecular formula is C28H27F3N2O4. The molecule has 1 saturated carbocycles. The van der Waals surface area contributed by atoms with Crippen LogP contribution in [-0.2, 0) is 20.4 Å². The molecule has 1 aliphatic carbocycles. The number of ether oxygens (including phenoxy) is 2. The first-order valence-electron chi connectivity index (χ1n) is 11.8. The Morgan fingerprint density at radius 1 is 1.00 bits per heavy atom. The Kier molecular flexibility index (Phi) is 7.25. The lowest BCUT2D eigenvalue weighted by atomic mass is 9.98. The van der Waals surface area contributed by atoms with Gasteiger partial charge < -0.3 is 14.8 Å². The Bertz CT molecular complexity index is 1300. The van der Waals surface area contributed by atoms with E-state index in [1.165, 1.54) is 6.20 Å². The SMILES string of the molecule is CC(C)(C)C(=O)OCOC(=O)c1cc(C2CC2)ccc1Nc1cnc(-c2ccccc2)c(C(F)(F)F)c1. The summed E-state index contributed by atoms with van der Waals surface area (Å²) in [5.74, 6) is -0.978. The minimum atomic E-state index is -4.65. The Hall–Kier alpha value is -3.88. The van der Waals surface area contributed by atoms with Crippen LogP contribution in [0.25, 0.3) is 11.3 Å². The van der Waals surface area contributed by atoms with Crippen molar-refractivity contribution in [3.05, 3.63) is 77.5 Å². The minimum Gasteiger partial charge on any atom is -0.427 e. The molecule has 0 atom stereocenters. The maximum absolute atomic E-state index is 13.9. The number of carbonyl (C=O) groups excluding carboxylic acids is 2. The van der Waals surface area contributed by atoms with Gasteiger partial charge in [-0.15, -0.1) is 0 Å². The molecule has 1 aromatic heterocycles. The summed E-state index contributed by atoms with van der Waals surface area (Å²) in [6.07, 6.45) is -1.38. The predicted molar refractivity (Wildman–Crippen MR) is 132 cm³/mol. The summed E-state index contributed by atoms with van der Waals surface area (Å²) in [5.41, 5.74) is -0.170. The van der Waals surface area contributed by atoms with Crippen molar-refractivity contribution >= 4 is 23.3 Å². The number of nitrogens with zero attached hydrogens (tertiary/aromatic N) is 1. The van der Waals surface area contributed by atoms with Crippen LogP contribution < -0.4 is 5.32 Å². The van der Waals surface area contributed by atoms with E-state index < -0.39 is 35.9 Å². The average molecular weight is 513 g/mol. The molecule has 9 heteroatoms. The number of anilines is 2. The van der Waals surface area contributed by atoms with Gasteiger partial charge in [0.15, 0.2) is 0 Å². The van der Waals surface area contributed by atoms with Crippen molar-refractivity contribution in [2.75, 3.05) is 12.1 Å². The molecule has 4 rings (SSSR count). The van der Waals surface area contributed by atoms with Crippen molar-refractivity contribution in [1.82, 2.24) is 4.98 Å². The summed E-state index contributed by atoms with van der Waals surface area (Å²) in [4.78, 5) is 28.9. The number of carbonyl (C=O) groups is 2. The van der Waals surface area contributed by atoms with E-state index in [0.717, 1.165) is 24.5 Å². The van der Waals surface area contributed by atoms with Crippen LogP contribution in [0.15, 0.2) is 60.8 Å². The quantitative estimate of drug-likeness (QED) is 0.269. The number of nitrogens with one attached hydrogen (secondary N) is 1. The number of benzene rings is 2. The highest BCUT2D eigenvalue weighted by molar-refractivity contribution is 5.97. The largest absolute Gasteiger partial charge is 0.427 e. The average Bonchev–Trinajstić information content (AvgIpc) is 3.69. The molecule has 1 aliphatic rings. The van der Waals surface area contributed by atoms with Crippen LogP contribution in [0.3, 0.4) is 0 Å². The third kappa shape index (κ3) is 6.47. The van der Waals surface area contributed by atoms with Crippen molar-refractivity contribution in [2.24, 2.45) is 5.41 Å². The third-order valence-corrected chi connectivity index (χ3v) is 5.82. The second-order valence-electron chi connectivity index (χ2n) is 9.92. The maximum Gasteiger partial charge on any atom is 0.418 e. The van der Waals surface area contributed by atoms with Crippen LogP contribution in [0.1, 0.15) is 61.0 Å². The molecule has 1 fully saturated rings. The molecule has 0 saturated heterocycles. The van der Waals surface area contributed by atoms with Crippen LogP contribution in [0.4, 0.5) is 24.5 Å². The Labute approximate surface area is 212 Å². The van der Waals surface area contributed by atoms with Gasteiger partial charge in [-0.3, -0.25) is 9.78 Å². The second kappa shape index (κ2) is 10.2. The number of pyridine rings is 1. The van der Waals surface area contributed by atoms with Gasteiger partial charge in [0.25, 0.3) is 0 Å². The molecule has 37 heavy (non-hydrogen) atoms. The van der Waals surface area contributed by atoms with E-state index in [1.54, 1.807) is 63.2 Å². The number of halogens is 3. The fourth-order valence-electron chi connectivity index (χ4n) is 3.67. The lowest BCUT2D eigenvalue weighted by Crippen LogP contribution is -2.24. The van der Waals surface area contributed by atoms with Gasteiger partial charge in [-0.25, -0.2) is 4.79 Å². The van der Waals surface area contributed by atoms with Gasteiger partial charge >= 0.3 is 18.1 Å². The summed E-state index contributed by atoms with van der Waals surface area (Å²) in [6, 6.07) is 14.2. The fraction of sp³-hybridized carbons (Fsp3) is 0.321. The molecule has 1 N–H and O–H groups in total. The van der Waals surface area contributed by atoms with Gasteiger partial charge in [0, 0.05) is 5.56 Å². The molecule has 1 heterocycles. The second-order valence-corrected chi connectivity index (χ2v) is 9.92. The van der Waals surface area contributed by atoms with Crippen LogP contribution >= 0.6 is 0 Å². The molecule has 0 bridgehead atoms. The minimum absolute atomic E-state index is 0.0550. The molecule has 3 aromatic rings. The van der Waals surface area contributed by atoms with E-state index in [0.29, 0.717) is 11.5 Å². The van der Waals surface area contributed by atoms with Crippen LogP contribution in [0, 0.1) is 5.41 Å². The van der Waals surface area contributed by atoms with E-state index in [9.17, 15) is 22.8 Å². The molecule has 0 radical (unpaired) electrons. The van der Waals surface area contributed by atoms with Crippen LogP contribution in [-0.4, -0.2) is 23.7 Å². The van der Waals surface area contributed by atoms with Crippen molar-refractivity contribution < 1.29 is 32.2 Å². The van der Waals surface area contributed by atoms with E-state index in [2.05, 4.69) is 10.3 Å². The molecule has 194 valence electrons. The first-order valence-corrected chi connectivity index (χ1v) is 11.8. The maximum atomic E-state index is 13.9. The van der Waals surface area contributed by atoms with Crippen LogP contribution in [0.5, 0.6) is 0 Å². The van der Waals surface area contributed by atoms with Crippen molar-refractivity contribution in [3.8, 4) is 11.3 Å². The van der Waals surface area contributed by atoms with Crippen LogP contribution in [0.2, 0.25) is 0 Å². The Balaban J connectivity index is 1.61. The van der Waals surface area contributed by atoms with E-state index in [-0.39, 0.29) is 22.6 Å². The standard InChI is InChI=1S/C28H27F3N2O4/c1-27(2,3)26(35)37-16-36-25(34)21-13-19(17-9-10-17)11-12-23(21)33-20-14-22(28(29,30)31)24(32-15-20)18-7-5-4-6-8-18/h4-8,11-15,17,33H,9-10,16H2,1-3H3. The number of hydrogen-bond donors (Lipinski definition) is 1. The fourth-order valence-corrected chi connectivity index (χ4v) is 3.67. The van der Waals surface area contributed by atoms with Gasteiger partial charge in [0.2, 0.25) is 6.79 Å². The summed E-state index contributed by atoms with van der Waals surface area (Å²) in [5, 5.41) is 2.88. The monoisotopic (exact) mass is 512 g/mol. The lowest BCUT2D eigenvalue weighted by Gasteiger charge is -2.18. The summed E-state index contributed by atoms with van der Waals surface area (Å²) in [7, 11) is 0. The lowest BCUT2D eigenvalue weighted by molar-refractivity contribution is -0.161. The van der Waals surface area contributed by atoms with Gasteiger partial charge in [-0.05, 0) is 63.3 Å². The number of alkyl halides is 3. The molecular weight excluding hydrogens is 485 g/mol. The van der Waals surface area contributed by atoms with Gasteiger partial charge in [0.05, 0.1) is 39.8 Å². The van der Waals surface area contributed by atoms with E-state index >= 15 is 0 Å². The molecule has 0 amide bonds. The number of hydrogen-bond acceptors (Lipinski definition) is 6. The van der Waals surface area contributed by atoms with E-state index in [4.69, 9.17) is 9.47 Å². The van der Waals surface area contributed by atoms with Gasteiger partial charge in [0.1, 0.15) is 0 Å². The highest BCUT2D eigenvalue weighted by atomic mass is 19.4. The molecule has 0 spiro atoms. The van der Waals surface area contributed by atoms with Gasteiger partial charge in [-0.2, -0.15) is 13.2 Å². The number of rotatable bonds is 7. The number of esters is 2. The normalized spacial score (nSPS) is 13.7. The first kappa shape index (κ1) is 26.2. The summed E-state index contributed by atoms with van der Waals surface area (Å²) >= 11 is 0. The smallest absolute Gasteiger partial charge is 0.418 e. The highest BCUT2D eigenvalue weighted by Crippen LogP contribution is 2.42. The molecule has 6 nitrogen and oxygen atoms in total. The zero-order valence-electron chi connectivity index (χ0n) is 20.7. The Morgan fingerprint density at radius 2 is 1.70 bits per heavy atom. The first-order chi connectivity index (χ1) is 17.4. The third-order valence-electron chi connectivity index (χ3n) is 5.82. The topological polar surface area (TPSA) is 77.5 Å². The molecule has 2 aromatic carbocycles. The zero-order chi connectivity index (χ0) is 26.8. The predicted octanol–water partition coefficient (Wildman–Crippen LogP) is 7.09. The van der Waals surface area contributed by atoms with Crippen molar-refractivity contribution in [3.63, 3.8) is 0 Å².